The van der Waals surface area contributed by atoms with Gasteiger partial charge in [-0.15, -0.1) is 0 Å². The van der Waals surface area contributed by atoms with Crippen molar-refractivity contribution in [2.45, 2.75) is 142 Å². The third-order valence-corrected chi connectivity index (χ3v) is 8.10. The first-order valence-electron chi connectivity index (χ1n) is 16.2. The summed E-state index contributed by atoms with van der Waals surface area (Å²) in [6.45, 7) is 2.06. The minimum absolute atomic E-state index is 0.00615. The molecule has 0 unspecified atom stereocenters. The van der Waals surface area contributed by atoms with Crippen LogP contribution >= 0.6 is 0 Å². The Labute approximate surface area is 249 Å². The van der Waals surface area contributed by atoms with Gasteiger partial charge < -0.3 is 9.47 Å². The molecular weight excluding hydrogens is 540 g/mol. The molecule has 0 radical (unpaired) electrons. The summed E-state index contributed by atoms with van der Waals surface area (Å²) in [4.78, 5) is 24.7. The fraction of sp³-hybridized carbons (Fsp3) is 0.758. The van der Waals surface area contributed by atoms with E-state index in [0.29, 0.717) is 0 Å². The molecule has 0 aromatic heterocycles. The van der Waals surface area contributed by atoms with E-state index in [0.717, 1.165) is 19.3 Å². The van der Waals surface area contributed by atoms with E-state index in [2.05, 4.69) is 6.92 Å². The summed E-state index contributed by atoms with van der Waals surface area (Å²) < 4.78 is 40.5. The monoisotopic (exact) mass is 596 g/mol. The lowest BCUT2D eigenvalue weighted by molar-refractivity contribution is 0.0463. The van der Waals surface area contributed by atoms with Crippen molar-refractivity contribution >= 4 is 22.1 Å². The van der Waals surface area contributed by atoms with Crippen molar-refractivity contribution < 1.29 is 32.0 Å². The molecule has 0 aliphatic heterocycles. The third-order valence-electron chi connectivity index (χ3n) is 7.42. The van der Waals surface area contributed by atoms with Crippen molar-refractivity contribution in [1.82, 2.24) is 0 Å². The van der Waals surface area contributed by atoms with Crippen LogP contribution in [0.4, 0.5) is 0 Å². The van der Waals surface area contributed by atoms with Crippen molar-refractivity contribution in [2.75, 3.05) is 19.0 Å². The van der Waals surface area contributed by atoms with E-state index in [9.17, 15) is 18.0 Å². The summed E-state index contributed by atoms with van der Waals surface area (Å²) in [7, 11) is -4.24. The normalized spacial score (nSPS) is 11.5. The second-order valence-electron chi connectivity index (χ2n) is 11.2. The predicted molar refractivity (Wildman–Crippen MR) is 166 cm³/mol. The topological polar surface area (TPSA) is 107 Å². The van der Waals surface area contributed by atoms with Gasteiger partial charge in [0.1, 0.15) is 12.4 Å². The first-order valence-corrected chi connectivity index (χ1v) is 17.8. The van der Waals surface area contributed by atoms with Gasteiger partial charge in [0.2, 0.25) is 0 Å². The van der Waals surface area contributed by atoms with Crippen LogP contribution in [0.25, 0.3) is 0 Å². The Bertz CT molecular complexity index is 914. The highest BCUT2D eigenvalue weighted by molar-refractivity contribution is 7.85. The first-order chi connectivity index (χ1) is 19.8. The highest BCUT2D eigenvalue weighted by atomic mass is 32.2. The number of unbranched alkanes of at least 4 members (excludes halogenated alkanes) is 20. The Kier molecular flexibility index (Phi) is 22.3. The lowest BCUT2D eigenvalue weighted by Crippen LogP contribution is -2.18. The second-order valence-corrected chi connectivity index (χ2v) is 12.7. The van der Waals surface area contributed by atoms with Crippen LogP contribution in [-0.2, 0) is 19.6 Å². The second kappa shape index (κ2) is 24.6. The zero-order valence-electron chi connectivity index (χ0n) is 25.6. The van der Waals surface area contributed by atoms with Gasteiger partial charge in [0, 0.05) is 0 Å². The number of esters is 2. The average molecular weight is 597 g/mol. The highest BCUT2D eigenvalue weighted by Gasteiger charge is 2.19. The molecule has 1 rings (SSSR count). The zero-order chi connectivity index (χ0) is 30.0. The quantitative estimate of drug-likeness (QED) is 0.0613. The maximum absolute atomic E-state index is 12.4. The molecule has 0 saturated heterocycles. The van der Waals surface area contributed by atoms with Crippen LogP contribution in [0, 0.1) is 0 Å². The molecule has 0 bridgehead atoms. The van der Waals surface area contributed by atoms with Gasteiger partial charge in [-0.25, -0.2) is 9.59 Å². The smallest absolute Gasteiger partial charge is 0.339 e. The van der Waals surface area contributed by atoms with Crippen LogP contribution in [-0.4, -0.2) is 43.9 Å². The van der Waals surface area contributed by atoms with Gasteiger partial charge in [-0.3, -0.25) is 4.55 Å². The van der Waals surface area contributed by atoms with E-state index in [1.165, 1.54) is 128 Å². The van der Waals surface area contributed by atoms with Crippen LogP contribution in [0.2, 0.25) is 0 Å². The summed E-state index contributed by atoms with van der Waals surface area (Å²) in [6.07, 6.45) is 27.6. The van der Waals surface area contributed by atoms with Gasteiger partial charge in [0.15, 0.2) is 0 Å². The molecule has 0 spiro atoms. The molecule has 0 heterocycles. The van der Waals surface area contributed by atoms with E-state index in [1.807, 2.05) is 0 Å². The van der Waals surface area contributed by atoms with E-state index in [4.69, 9.17) is 14.0 Å². The minimum atomic E-state index is -4.24. The van der Waals surface area contributed by atoms with Gasteiger partial charge in [-0.1, -0.05) is 147 Å². The molecule has 0 aliphatic carbocycles. The van der Waals surface area contributed by atoms with E-state index < -0.39 is 34.4 Å². The zero-order valence-corrected chi connectivity index (χ0v) is 26.4. The SMILES string of the molecule is CCCCCCCCCCCCCCCCCCCCCCCOC(=O)c1ccccc1C(=O)OCCS(=O)(=O)O. The molecule has 0 atom stereocenters. The fourth-order valence-corrected chi connectivity index (χ4v) is 5.23. The van der Waals surface area contributed by atoms with Crippen molar-refractivity contribution in [1.29, 1.82) is 0 Å². The molecule has 0 aliphatic rings. The minimum Gasteiger partial charge on any atom is -0.462 e. The van der Waals surface area contributed by atoms with Crippen molar-refractivity contribution in [3.63, 3.8) is 0 Å². The first kappa shape index (κ1) is 37.1. The summed E-state index contributed by atoms with van der Waals surface area (Å²) in [5, 5.41) is 0. The van der Waals surface area contributed by atoms with Crippen LogP contribution in [0.3, 0.4) is 0 Å². The number of carbonyl (C=O) groups is 2. The molecule has 1 aromatic carbocycles. The molecule has 41 heavy (non-hydrogen) atoms. The Morgan fingerprint density at radius 1 is 0.561 bits per heavy atom. The molecule has 0 fully saturated rings. The Balaban J connectivity index is 1.95. The molecule has 1 N–H and O–H groups in total. The summed E-state index contributed by atoms with van der Waals surface area (Å²) in [6, 6.07) is 6.09. The number of hydrogen-bond acceptors (Lipinski definition) is 6. The predicted octanol–water partition coefficient (Wildman–Crippen LogP) is 9.10. The number of carbonyl (C=O) groups excluding carboxylic acids is 2. The summed E-state index contributed by atoms with van der Waals surface area (Å²) in [5.41, 5.74) is 0.0829. The molecule has 1 aromatic rings. The number of benzene rings is 1. The van der Waals surface area contributed by atoms with Gasteiger partial charge in [0.05, 0.1) is 17.7 Å². The van der Waals surface area contributed by atoms with Crippen LogP contribution in [0.15, 0.2) is 24.3 Å². The van der Waals surface area contributed by atoms with Crippen LogP contribution in [0.1, 0.15) is 162 Å². The molecule has 0 amide bonds. The van der Waals surface area contributed by atoms with Crippen molar-refractivity contribution in [3.8, 4) is 0 Å². The molecule has 0 saturated carbocycles. The van der Waals surface area contributed by atoms with Gasteiger partial charge in [0.25, 0.3) is 10.1 Å². The fourth-order valence-electron chi connectivity index (χ4n) is 4.93. The Morgan fingerprint density at radius 3 is 1.22 bits per heavy atom. The van der Waals surface area contributed by atoms with Crippen molar-refractivity contribution in [2.24, 2.45) is 0 Å². The summed E-state index contributed by atoms with van der Waals surface area (Å²) >= 11 is 0. The molecular formula is C33H56O7S. The lowest BCUT2D eigenvalue weighted by Gasteiger charge is -2.09. The van der Waals surface area contributed by atoms with Gasteiger partial charge in [-0.05, 0) is 18.6 Å². The number of hydrogen-bond donors (Lipinski definition) is 1. The van der Waals surface area contributed by atoms with E-state index >= 15 is 0 Å². The maximum atomic E-state index is 12.4. The lowest BCUT2D eigenvalue weighted by atomic mass is 10.0. The largest absolute Gasteiger partial charge is 0.462 e. The Hall–Kier alpha value is -1.93. The van der Waals surface area contributed by atoms with Gasteiger partial charge in [-0.2, -0.15) is 8.42 Å². The number of rotatable bonds is 27. The highest BCUT2D eigenvalue weighted by Crippen LogP contribution is 2.16. The standard InChI is InChI=1S/C33H56O7S/c1-2-3-4-5-6-7-8-9-10-11-12-13-14-15-16-17-18-19-20-21-24-27-39-32(34)30-25-22-23-26-31(30)33(35)40-28-29-41(36,37)38/h22-23,25-26H,2-21,24,27-29H2,1H3,(H,36,37,38). The summed E-state index contributed by atoms with van der Waals surface area (Å²) in [5.74, 6) is -2.15. The number of ether oxygens (including phenoxy) is 2. The van der Waals surface area contributed by atoms with E-state index in [1.54, 1.807) is 12.1 Å². The molecule has 236 valence electrons. The van der Waals surface area contributed by atoms with Crippen LogP contribution in [0.5, 0.6) is 0 Å². The third kappa shape index (κ3) is 21.4. The van der Waals surface area contributed by atoms with E-state index in [-0.39, 0.29) is 17.7 Å². The molecule has 7 nitrogen and oxygen atoms in total. The van der Waals surface area contributed by atoms with Crippen LogP contribution < -0.4 is 0 Å². The van der Waals surface area contributed by atoms with Crippen molar-refractivity contribution in [3.05, 3.63) is 35.4 Å². The average Bonchev–Trinajstić information content (AvgIpc) is 2.95. The maximum Gasteiger partial charge on any atom is 0.339 e. The Morgan fingerprint density at radius 2 is 0.878 bits per heavy atom. The van der Waals surface area contributed by atoms with Gasteiger partial charge >= 0.3 is 11.9 Å². The molecule has 8 heteroatoms.